The van der Waals surface area contributed by atoms with E-state index in [1.54, 1.807) is 6.92 Å². The monoisotopic (exact) mass is 229 g/mol. The number of ether oxygens (including phenoxy) is 1. The summed E-state index contributed by atoms with van der Waals surface area (Å²) in [5.41, 5.74) is -0.429. The highest BCUT2D eigenvalue weighted by molar-refractivity contribution is 5.81. The molecule has 0 spiro atoms. The minimum atomic E-state index is -0.458. The van der Waals surface area contributed by atoms with Crippen LogP contribution in [-0.4, -0.2) is 36.4 Å². The first-order valence-corrected chi connectivity index (χ1v) is 5.98. The lowest BCUT2D eigenvalue weighted by atomic mass is 9.76. The lowest BCUT2D eigenvalue weighted by Crippen LogP contribution is -2.56. The molecule has 1 aliphatic rings. The van der Waals surface area contributed by atoms with E-state index in [2.05, 4.69) is 12.2 Å². The number of rotatable bonds is 4. The predicted octanol–water partition coefficient (Wildman–Crippen LogP) is 1.08. The molecule has 1 fully saturated rings. The first kappa shape index (κ1) is 13.5. The molecule has 16 heavy (non-hydrogen) atoms. The van der Waals surface area contributed by atoms with E-state index >= 15 is 0 Å². The maximum Gasteiger partial charge on any atom is 0.249 e. The molecule has 1 amide bonds. The van der Waals surface area contributed by atoms with Crippen molar-refractivity contribution < 1.29 is 14.6 Å². The van der Waals surface area contributed by atoms with E-state index in [0.29, 0.717) is 5.92 Å². The van der Waals surface area contributed by atoms with Crippen LogP contribution in [0.4, 0.5) is 0 Å². The number of methoxy groups -OCH3 is 1. The van der Waals surface area contributed by atoms with Crippen molar-refractivity contribution in [1.82, 2.24) is 5.32 Å². The summed E-state index contributed by atoms with van der Waals surface area (Å²) in [5.74, 6) is 0.421. The van der Waals surface area contributed by atoms with Crippen molar-refractivity contribution in [3.63, 3.8) is 0 Å². The highest BCUT2D eigenvalue weighted by Gasteiger charge is 2.36. The molecule has 0 heterocycles. The fourth-order valence-corrected chi connectivity index (χ4v) is 2.43. The van der Waals surface area contributed by atoms with Gasteiger partial charge in [0, 0.05) is 7.11 Å². The molecule has 0 aromatic carbocycles. The molecule has 3 atom stereocenters. The number of carbonyl (C=O) groups is 1. The Hall–Kier alpha value is -0.610. The first-order chi connectivity index (χ1) is 7.53. The molecule has 1 aliphatic carbocycles. The summed E-state index contributed by atoms with van der Waals surface area (Å²) in [6, 6.07) is 0. The Labute approximate surface area is 97.4 Å². The summed E-state index contributed by atoms with van der Waals surface area (Å²) in [7, 11) is 1.51. The number of aliphatic hydroxyl groups is 1. The minimum absolute atomic E-state index is 0.0134. The molecule has 94 valence electrons. The van der Waals surface area contributed by atoms with Gasteiger partial charge < -0.3 is 15.2 Å². The molecule has 1 rings (SSSR count). The number of hydrogen-bond donors (Lipinski definition) is 2. The fraction of sp³-hybridized carbons (Fsp3) is 0.917. The SMILES string of the molecule is COC(C)C(=O)NC1(CO)CCCC(C)C1. The van der Waals surface area contributed by atoms with Gasteiger partial charge in [-0.15, -0.1) is 0 Å². The maximum absolute atomic E-state index is 11.8. The van der Waals surface area contributed by atoms with Crippen LogP contribution in [-0.2, 0) is 9.53 Å². The van der Waals surface area contributed by atoms with E-state index in [9.17, 15) is 9.90 Å². The van der Waals surface area contributed by atoms with Crippen LogP contribution >= 0.6 is 0 Å². The third kappa shape index (κ3) is 3.19. The molecule has 0 aliphatic heterocycles. The molecule has 0 aromatic heterocycles. The van der Waals surface area contributed by atoms with E-state index in [4.69, 9.17) is 4.74 Å². The largest absolute Gasteiger partial charge is 0.394 e. The van der Waals surface area contributed by atoms with Gasteiger partial charge in [-0.2, -0.15) is 0 Å². The summed E-state index contributed by atoms with van der Waals surface area (Å²) in [6.07, 6.45) is 3.49. The Morgan fingerprint density at radius 3 is 2.88 bits per heavy atom. The number of nitrogens with one attached hydrogen (secondary N) is 1. The van der Waals surface area contributed by atoms with Crippen LogP contribution < -0.4 is 5.32 Å². The van der Waals surface area contributed by atoms with Crippen molar-refractivity contribution >= 4 is 5.91 Å². The molecule has 2 N–H and O–H groups in total. The fourth-order valence-electron chi connectivity index (χ4n) is 2.43. The molecule has 0 aromatic rings. The first-order valence-electron chi connectivity index (χ1n) is 5.98. The van der Waals surface area contributed by atoms with Gasteiger partial charge in [0.25, 0.3) is 0 Å². The minimum Gasteiger partial charge on any atom is -0.394 e. The lowest BCUT2D eigenvalue weighted by Gasteiger charge is -2.39. The second-order valence-electron chi connectivity index (χ2n) is 5.01. The summed E-state index contributed by atoms with van der Waals surface area (Å²) in [6.45, 7) is 3.89. The highest BCUT2D eigenvalue weighted by Crippen LogP contribution is 2.32. The Bertz CT molecular complexity index is 244. The average molecular weight is 229 g/mol. The molecule has 0 radical (unpaired) electrons. The topological polar surface area (TPSA) is 58.6 Å². The normalized spacial score (nSPS) is 32.1. The number of aliphatic hydroxyl groups excluding tert-OH is 1. The van der Waals surface area contributed by atoms with Gasteiger partial charge in [-0.05, 0) is 25.7 Å². The second kappa shape index (κ2) is 5.64. The second-order valence-corrected chi connectivity index (χ2v) is 5.01. The Balaban J connectivity index is 2.62. The van der Waals surface area contributed by atoms with Crippen LogP contribution in [0.5, 0.6) is 0 Å². The lowest BCUT2D eigenvalue weighted by molar-refractivity contribution is -0.133. The van der Waals surface area contributed by atoms with Crippen LogP contribution in [0.3, 0.4) is 0 Å². The Morgan fingerprint density at radius 2 is 2.38 bits per heavy atom. The molecule has 4 heteroatoms. The maximum atomic E-state index is 11.8. The standard InChI is InChI=1S/C12H23NO3/c1-9-5-4-6-12(7-9,8-14)13-11(15)10(2)16-3/h9-10,14H,4-8H2,1-3H3,(H,13,15). The summed E-state index contributed by atoms with van der Waals surface area (Å²) < 4.78 is 4.98. The van der Waals surface area contributed by atoms with E-state index < -0.39 is 11.6 Å². The zero-order chi connectivity index (χ0) is 12.2. The van der Waals surface area contributed by atoms with Crippen molar-refractivity contribution in [3.8, 4) is 0 Å². The van der Waals surface area contributed by atoms with Crippen LogP contribution in [0.1, 0.15) is 39.5 Å². The Morgan fingerprint density at radius 1 is 1.69 bits per heavy atom. The third-order valence-electron chi connectivity index (χ3n) is 3.51. The van der Waals surface area contributed by atoms with Gasteiger partial charge in [0.05, 0.1) is 12.1 Å². The highest BCUT2D eigenvalue weighted by atomic mass is 16.5. The van der Waals surface area contributed by atoms with Gasteiger partial charge >= 0.3 is 0 Å². The quantitative estimate of drug-likeness (QED) is 0.758. The molecule has 1 saturated carbocycles. The summed E-state index contributed by atoms with van der Waals surface area (Å²) >= 11 is 0. The zero-order valence-electron chi connectivity index (χ0n) is 10.5. The van der Waals surface area contributed by atoms with Crippen molar-refractivity contribution in [3.05, 3.63) is 0 Å². The van der Waals surface area contributed by atoms with Gasteiger partial charge in [-0.3, -0.25) is 4.79 Å². The third-order valence-corrected chi connectivity index (χ3v) is 3.51. The van der Waals surface area contributed by atoms with E-state index in [-0.39, 0.29) is 12.5 Å². The van der Waals surface area contributed by atoms with Crippen LogP contribution in [0, 0.1) is 5.92 Å². The summed E-state index contributed by atoms with van der Waals surface area (Å²) in [4.78, 5) is 11.8. The number of amides is 1. The number of carbonyl (C=O) groups excluding carboxylic acids is 1. The van der Waals surface area contributed by atoms with Crippen LogP contribution in [0.25, 0.3) is 0 Å². The van der Waals surface area contributed by atoms with Gasteiger partial charge in [0.15, 0.2) is 0 Å². The van der Waals surface area contributed by atoms with Crippen molar-refractivity contribution in [2.75, 3.05) is 13.7 Å². The van der Waals surface area contributed by atoms with Crippen molar-refractivity contribution in [2.24, 2.45) is 5.92 Å². The Kier molecular flexibility index (Phi) is 4.74. The van der Waals surface area contributed by atoms with E-state index in [0.717, 1.165) is 19.3 Å². The zero-order valence-corrected chi connectivity index (χ0v) is 10.5. The van der Waals surface area contributed by atoms with E-state index in [1.807, 2.05) is 0 Å². The molecular weight excluding hydrogens is 206 g/mol. The van der Waals surface area contributed by atoms with Gasteiger partial charge in [-0.25, -0.2) is 0 Å². The van der Waals surface area contributed by atoms with Gasteiger partial charge in [-0.1, -0.05) is 19.8 Å². The van der Waals surface area contributed by atoms with Gasteiger partial charge in [0.2, 0.25) is 5.91 Å². The smallest absolute Gasteiger partial charge is 0.249 e. The summed E-state index contributed by atoms with van der Waals surface area (Å²) in [5, 5.41) is 12.5. The molecule has 4 nitrogen and oxygen atoms in total. The van der Waals surface area contributed by atoms with E-state index in [1.165, 1.54) is 13.5 Å². The molecule has 0 saturated heterocycles. The molecule has 0 bridgehead atoms. The predicted molar refractivity (Wildman–Crippen MR) is 62.1 cm³/mol. The van der Waals surface area contributed by atoms with Crippen LogP contribution in [0.2, 0.25) is 0 Å². The van der Waals surface area contributed by atoms with Crippen molar-refractivity contribution in [2.45, 2.75) is 51.2 Å². The average Bonchev–Trinajstić information content (AvgIpc) is 2.27. The number of hydrogen-bond acceptors (Lipinski definition) is 3. The van der Waals surface area contributed by atoms with Gasteiger partial charge in [0.1, 0.15) is 6.10 Å². The molecule has 3 unspecified atom stereocenters. The molecular formula is C12H23NO3. The van der Waals surface area contributed by atoms with Crippen LogP contribution in [0.15, 0.2) is 0 Å². The van der Waals surface area contributed by atoms with Crippen molar-refractivity contribution in [1.29, 1.82) is 0 Å².